The number of carbonyl (C=O) groups excluding carboxylic acids is 1. The van der Waals surface area contributed by atoms with E-state index in [1.165, 1.54) is 11.8 Å². The van der Waals surface area contributed by atoms with Crippen LogP contribution >= 0.6 is 35.0 Å². The van der Waals surface area contributed by atoms with Gasteiger partial charge in [0.25, 0.3) is 0 Å². The third-order valence-corrected chi connectivity index (χ3v) is 5.06. The first-order valence-corrected chi connectivity index (χ1v) is 8.72. The molecule has 0 unspecified atom stereocenters. The van der Waals surface area contributed by atoms with Gasteiger partial charge in [-0.2, -0.15) is 0 Å². The molecular formula is C16H12Cl2N4OS. The second-order valence-electron chi connectivity index (χ2n) is 4.92. The molecule has 0 saturated carbocycles. The van der Waals surface area contributed by atoms with Crippen LogP contribution in [0, 0.1) is 0 Å². The SMILES string of the molecule is Cn1c(SCC(=O)c2ccc(Cl)c(Cl)c2)nnc1-c1ccccn1. The van der Waals surface area contributed by atoms with Crippen molar-refractivity contribution in [1.29, 1.82) is 0 Å². The van der Waals surface area contributed by atoms with E-state index in [-0.39, 0.29) is 11.5 Å². The Labute approximate surface area is 153 Å². The molecule has 0 aliphatic heterocycles. The van der Waals surface area contributed by atoms with Gasteiger partial charge in [0.2, 0.25) is 0 Å². The highest BCUT2D eigenvalue weighted by atomic mass is 35.5. The van der Waals surface area contributed by atoms with E-state index < -0.39 is 0 Å². The molecule has 3 aromatic rings. The molecule has 0 spiro atoms. The molecule has 0 fully saturated rings. The Hall–Kier alpha value is -1.89. The van der Waals surface area contributed by atoms with E-state index in [4.69, 9.17) is 23.2 Å². The summed E-state index contributed by atoms with van der Waals surface area (Å²) < 4.78 is 1.81. The second kappa shape index (κ2) is 7.34. The Morgan fingerprint density at radius 3 is 2.71 bits per heavy atom. The predicted molar refractivity (Wildman–Crippen MR) is 95.8 cm³/mol. The summed E-state index contributed by atoms with van der Waals surface area (Å²) in [6, 6.07) is 10.4. The van der Waals surface area contributed by atoms with E-state index in [2.05, 4.69) is 15.2 Å². The highest BCUT2D eigenvalue weighted by Gasteiger charge is 2.15. The molecule has 24 heavy (non-hydrogen) atoms. The van der Waals surface area contributed by atoms with E-state index in [1.54, 1.807) is 24.4 Å². The van der Waals surface area contributed by atoms with Gasteiger partial charge in [-0.25, -0.2) is 0 Å². The van der Waals surface area contributed by atoms with Gasteiger partial charge in [-0.3, -0.25) is 9.78 Å². The van der Waals surface area contributed by atoms with Gasteiger partial charge in [-0.15, -0.1) is 10.2 Å². The lowest BCUT2D eigenvalue weighted by Gasteiger charge is -2.04. The minimum atomic E-state index is -0.0547. The number of thioether (sulfide) groups is 1. The van der Waals surface area contributed by atoms with Crippen LogP contribution in [0.4, 0.5) is 0 Å². The lowest BCUT2D eigenvalue weighted by Crippen LogP contribution is -2.04. The van der Waals surface area contributed by atoms with Gasteiger partial charge in [0.1, 0.15) is 5.69 Å². The standard InChI is InChI=1S/C16H12Cl2N4OS/c1-22-15(13-4-2-3-7-19-13)20-21-16(22)24-9-14(23)10-5-6-11(17)12(18)8-10/h2-8H,9H2,1H3. The largest absolute Gasteiger partial charge is 0.304 e. The number of nitrogens with zero attached hydrogens (tertiary/aromatic N) is 4. The molecule has 0 N–H and O–H groups in total. The van der Waals surface area contributed by atoms with Crippen molar-refractivity contribution in [2.45, 2.75) is 5.16 Å². The number of aromatic nitrogens is 4. The van der Waals surface area contributed by atoms with Gasteiger partial charge in [0, 0.05) is 18.8 Å². The molecule has 0 atom stereocenters. The molecule has 0 saturated heterocycles. The third-order valence-electron chi connectivity index (χ3n) is 3.30. The molecular weight excluding hydrogens is 367 g/mol. The first-order chi connectivity index (χ1) is 11.6. The fourth-order valence-electron chi connectivity index (χ4n) is 2.04. The fourth-order valence-corrected chi connectivity index (χ4v) is 3.15. The lowest BCUT2D eigenvalue weighted by atomic mass is 10.1. The zero-order valence-corrected chi connectivity index (χ0v) is 14.9. The maximum Gasteiger partial charge on any atom is 0.191 e. The van der Waals surface area contributed by atoms with Gasteiger partial charge >= 0.3 is 0 Å². The molecule has 1 aromatic carbocycles. The van der Waals surface area contributed by atoms with Gasteiger partial charge < -0.3 is 4.57 Å². The van der Waals surface area contributed by atoms with Crippen LogP contribution in [-0.2, 0) is 7.05 Å². The van der Waals surface area contributed by atoms with Crippen LogP contribution < -0.4 is 0 Å². The van der Waals surface area contributed by atoms with Gasteiger partial charge in [0.05, 0.1) is 15.8 Å². The number of Topliss-reactive ketones (excluding diaryl/α,β-unsaturated/α-hetero) is 1. The smallest absolute Gasteiger partial charge is 0.191 e. The Morgan fingerprint density at radius 1 is 1.17 bits per heavy atom. The zero-order chi connectivity index (χ0) is 17.1. The van der Waals surface area contributed by atoms with Crippen LogP contribution in [-0.4, -0.2) is 31.3 Å². The molecule has 2 aromatic heterocycles. The summed E-state index contributed by atoms with van der Waals surface area (Å²) in [7, 11) is 1.84. The number of halogens is 2. The van der Waals surface area contributed by atoms with Gasteiger partial charge in [-0.05, 0) is 30.3 Å². The molecule has 0 aliphatic rings. The number of pyridine rings is 1. The lowest BCUT2D eigenvalue weighted by molar-refractivity contribution is 0.102. The maximum atomic E-state index is 12.3. The highest BCUT2D eigenvalue weighted by Crippen LogP contribution is 2.25. The quantitative estimate of drug-likeness (QED) is 0.492. The molecule has 122 valence electrons. The molecule has 0 aliphatic carbocycles. The second-order valence-corrected chi connectivity index (χ2v) is 6.68. The van der Waals surface area contributed by atoms with Crippen LogP contribution in [0.25, 0.3) is 11.5 Å². The number of carbonyl (C=O) groups is 1. The molecule has 0 amide bonds. The summed E-state index contributed by atoms with van der Waals surface area (Å²) in [6.07, 6.45) is 1.70. The summed E-state index contributed by atoms with van der Waals surface area (Å²) in [5.41, 5.74) is 1.25. The van der Waals surface area contributed by atoms with E-state index in [1.807, 2.05) is 29.8 Å². The number of ketones is 1. The van der Waals surface area contributed by atoms with E-state index in [0.29, 0.717) is 26.6 Å². The maximum absolute atomic E-state index is 12.3. The normalized spacial score (nSPS) is 10.8. The monoisotopic (exact) mass is 378 g/mol. The summed E-state index contributed by atoms with van der Waals surface area (Å²) >= 11 is 13.1. The first-order valence-electron chi connectivity index (χ1n) is 6.98. The summed E-state index contributed by atoms with van der Waals surface area (Å²) in [6.45, 7) is 0. The fraction of sp³-hybridized carbons (Fsp3) is 0.125. The molecule has 2 heterocycles. The minimum absolute atomic E-state index is 0.0547. The van der Waals surface area contributed by atoms with Gasteiger partial charge in [-0.1, -0.05) is 41.0 Å². The average molecular weight is 379 g/mol. The Balaban J connectivity index is 1.72. The summed E-state index contributed by atoms with van der Waals surface area (Å²) in [5, 5.41) is 9.70. The van der Waals surface area contributed by atoms with Crippen LogP contribution in [0.15, 0.2) is 47.8 Å². The molecule has 3 rings (SSSR count). The Kier molecular flexibility index (Phi) is 5.18. The van der Waals surface area contributed by atoms with Crippen LogP contribution in [0.1, 0.15) is 10.4 Å². The van der Waals surface area contributed by atoms with Crippen molar-refractivity contribution < 1.29 is 4.79 Å². The topological polar surface area (TPSA) is 60.7 Å². The molecule has 8 heteroatoms. The first kappa shape index (κ1) is 17.0. The van der Waals surface area contributed by atoms with Crippen molar-refractivity contribution in [2.24, 2.45) is 7.05 Å². The average Bonchev–Trinajstić information content (AvgIpc) is 2.96. The number of hydrogen-bond donors (Lipinski definition) is 0. The van der Waals surface area contributed by atoms with Gasteiger partial charge in [0.15, 0.2) is 16.8 Å². The van der Waals surface area contributed by atoms with E-state index >= 15 is 0 Å². The van der Waals surface area contributed by atoms with Crippen molar-refractivity contribution in [2.75, 3.05) is 5.75 Å². The van der Waals surface area contributed by atoms with Crippen molar-refractivity contribution in [3.05, 3.63) is 58.2 Å². The van der Waals surface area contributed by atoms with Crippen molar-refractivity contribution in [3.63, 3.8) is 0 Å². The Morgan fingerprint density at radius 2 is 2.00 bits per heavy atom. The Bertz CT molecular complexity index is 883. The summed E-state index contributed by atoms with van der Waals surface area (Å²) in [4.78, 5) is 16.5. The number of rotatable bonds is 5. The predicted octanol–water partition coefficient (Wildman–Crippen LogP) is 4.16. The molecule has 0 radical (unpaired) electrons. The van der Waals surface area contributed by atoms with Crippen LogP contribution in [0.3, 0.4) is 0 Å². The highest BCUT2D eigenvalue weighted by molar-refractivity contribution is 7.99. The summed E-state index contributed by atoms with van der Waals surface area (Å²) in [5.74, 6) is 0.827. The van der Waals surface area contributed by atoms with Crippen molar-refractivity contribution in [1.82, 2.24) is 19.7 Å². The van der Waals surface area contributed by atoms with Crippen molar-refractivity contribution in [3.8, 4) is 11.5 Å². The zero-order valence-electron chi connectivity index (χ0n) is 12.6. The molecule has 0 bridgehead atoms. The van der Waals surface area contributed by atoms with Crippen LogP contribution in [0.2, 0.25) is 10.0 Å². The third kappa shape index (κ3) is 3.61. The number of hydrogen-bond acceptors (Lipinski definition) is 5. The van der Waals surface area contributed by atoms with Crippen LogP contribution in [0.5, 0.6) is 0 Å². The number of benzene rings is 1. The van der Waals surface area contributed by atoms with E-state index in [9.17, 15) is 4.79 Å². The van der Waals surface area contributed by atoms with Crippen molar-refractivity contribution >= 4 is 40.7 Å². The minimum Gasteiger partial charge on any atom is -0.304 e. The van der Waals surface area contributed by atoms with E-state index in [0.717, 1.165) is 5.69 Å². The molecule has 5 nitrogen and oxygen atoms in total.